The van der Waals surface area contributed by atoms with E-state index in [1.54, 1.807) is 36.4 Å². The number of amides is 1. The average molecular weight is 383 g/mol. The lowest BCUT2D eigenvalue weighted by Crippen LogP contribution is -2.32. The Labute approximate surface area is 162 Å². The summed E-state index contributed by atoms with van der Waals surface area (Å²) in [5.74, 6) is -1.19. The van der Waals surface area contributed by atoms with Gasteiger partial charge >= 0.3 is 0 Å². The SMILES string of the molecule is COCCN1C(=O)C(=O)/C(=C(/O)c2cccc(OC)c2)C1c1ccc(O)cc1. The van der Waals surface area contributed by atoms with Crippen LogP contribution in [0.3, 0.4) is 0 Å². The molecule has 2 aromatic carbocycles. The molecule has 2 N–H and O–H groups in total. The molecule has 2 aromatic rings. The summed E-state index contributed by atoms with van der Waals surface area (Å²) >= 11 is 0. The maximum absolute atomic E-state index is 12.8. The van der Waals surface area contributed by atoms with Crippen LogP contribution in [0.2, 0.25) is 0 Å². The summed E-state index contributed by atoms with van der Waals surface area (Å²) in [7, 11) is 3.00. The molecule has 0 aromatic heterocycles. The van der Waals surface area contributed by atoms with Gasteiger partial charge in [-0.25, -0.2) is 0 Å². The van der Waals surface area contributed by atoms with Crippen LogP contribution in [0, 0.1) is 0 Å². The molecular weight excluding hydrogens is 362 g/mol. The fraction of sp³-hybridized carbons (Fsp3) is 0.238. The first-order chi connectivity index (χ1) is 13.5. The number of ketones is 1. The molecule has 7 nitrogen and oxygen atoms in total. The van der Waals surface area contributed by atoms with Gasteiger partial charge in [-0.15, -0.1) is 0 Å². The lowest BCUT2D eigenvalue weighted by Gasteiger charge is -2.25. The summed E-state index contributed by atoms with van der Waals surface area (Å²) in [6.45, 7) is 0.419. The van der Waals surface area contributed by atoms with Gasteiger partial charge in [-0.1, -0.05) is 24.3 Å². The van der Waals surface area contributed by atoms with Gasteiger partial charge in [-0.05, 0) is 29.8 Å². The topological polar surface area (TPSA) is 96.3 Å². The minimum atomic E-state index is -0.790. The zero-order valence-corrected chi connectivity index (χ0v) is 15.6. The van der Waals surface area contributed by atoms with E-state index in [0.29, 0.717) is 16.9 Å². The van der Waals surface area contributed by atoms with Crippen molar-refractivity contribution in [3.8, 4) is 11.5 Å². The quantitative estimate of drug-likeness (QED) is 0.452. The second kappa shape index (κ2) is 8.14. The second-order valence-corrected chi connectivity index (χ2v) is 6.31. The number of phenolic OH excluding ortho intramolecular Hbond substituents is 1. The number of nitrogens with zero attached hydrogens (tertiary/aromatic N) is 1. The lowest BCUT2D eigenvalue weighted by atomic mass is 9.95. The summed E-state index contributed by atoms with van der Waals surface area (Å²) in [6.07, 6.45) is 0. The summed E-state index contributed by atoms with van der Waals surface area (Å²) in [6, 6.07) is 12.0. The Morgan fingerprint density at radius 3 is 2.46 bits per heavy atom. The van der Waals surface area contributed by atoms with E-state index >= 15 is 0 Å². The van der Waals surface area contributed by atoms with E-state index < -0.39 is 17.7 Å². The highest BCUT2D eigenvalue weighted by Gasteiger charge is 2.45. The molecule has 146 valence electrons. The Balaban J connectivity index is 2.15. The highest BCUT2D eigenvalue weighted by atomic mass is 16.5. The number of phenols is 1. The molecule has 0 saturated carbocycles. The Morgan fingerprint density at radius 1 is 1.11 bits per heavy atom. The zero-order chi connectivity index (χ0) is 20.3. The number of rotatable bonds is 6. The summed E-state index contributed by atoms with van der Waals surface area (Å²) < 4.78 is 10.2. The van der Waals surface area contributed by atoms with Crippen molar-refractivity contribution < 1.29 is 29.3 Å². The first-order valence-corrected chi connectivity index (χ1v) is 8.68. The zero-order valence-electron chi connectivity index (χ0n) is 15.6. The third-order valence-corrected chi connectivity index (χ3v) is 4.63. The number of carbonyl (C=O) groups is 2. The van der Waals surface area contributed by atoms with Crippen molar-refractivity contribution in [3.63, 3.8) is 0 Å². The van der Waals surface area contributed by atoms with E-state index in [-0.39, 0.29) is 30.2 Å². The third kappa shape index (κ3) is 3.57. The van der Waals surface area contributed by atoms with Gasteiger partial charge in [-0.2, -0.15) is 0 Å². The number of benzene rings is 2. The molecular formula is C21H21NO6. The Bertz CT molecular complexity index is 919. The standard InChI is InChI=1S/C21H21NO6/c1-27-11-10-22-18(13-6-8-15(23)9-7-13)17(20(25)21(22)26)19(24)14-4-3-5-16(12-14)28-2/h3-9,12,18,23-24H,10-11H2,1-2H3/b19-17+. The first-order valence-electron chi connectivity index (χ1n) is 8.68. The number of hydrogen-bond donors (Lipinski definition) is 2. The van der Waals surface area contributed by atoms with Crippen LogP contribution < -0.4 is 4.74 Å². The number of likely N-dealkylation sites (tertiary alicyclic amines) is 1. The summed E-state index contributed by atoms with van der Waals surface area (Å²) in [5, 5.41) is 20.5. The van der Waals surface area contributed by atoms with Gasteiger partial charge in [0.15, 0.2) is 0 Å². The maximum Gasteiger partial charge on any atom is 0.295 e. The molecule has 0 radical (unpaired) electrons. The Morgan fingerprint density at radius 2 is 1.82 bits per heavy atom. The molecule has 3 rings (SSSR count). The van der Waals surface area contributed by atoms with Crippen molar-refractivity contribution in [3.05, 3.63) is 65.2 Å². The van der Waals surface area contributed by atoms with E-state index in [4.69, 9.17) is 9.47 Å². The highest BCUT2D eigenvalue weighted by molar-refractivity contribution is 6.46. The molecule has 1 unspecified atom stereocenters. The number of aromatic hydroxyl groups is 1. The van der Waals surface area contributed by atoms with Gasteiger partial charge in [0.2, 0.25) is 0 Å². The van der Waals surface area contributed by atoms with Crippen LogP contribution >= 0.6 is 0 Å². The van der Waals surface area contributed by atoms with Crippen molar-refractivity contribution in [2.75, 3.05) is 27.4 Å². The Kier molecular flexibility index (Phi) is 5.65. The molecule has 1 amide bonds. The number of aliphatic hydroxyl groups excluding tert-OH is 1. The van der Waals surface area contributed by atoms with Gasteiger partial charge in [0.25, 0.3) is 11.7 Å². The van der Waals surface area contributed by atoms with Crippen molar-refractivity contribution in [2.45, 2.75) is 6.04 Å². The summed E-state index contributed by atoms with van der Waals surface area (Å²) in [4.78, 5) is 26.8. The van der Waals surface area contributed by atoms with E-state index in [2.05, 4.69) is 0 Å². The van der Waals surface area contributed by atoms with Gasteiger partial charge < -0.3 is 24.6 Å². The van der Waals surface area contributed by atoms with E-state index in [0.717, 1.165) is 0 Å². The molecule has 1 saturated heterocycles. The number of Topliss-reactive ketones (excluding diaryl/α,β-unsaturated/α-hetero) is 1. The van der Waals surface area contributed by atoms with Crippen LogP contribution in [-0.4, -0.2) is 54.2 Å². The fourth-order valence-electron chi connectivity index (χ4n) is 3.23. The van der Waals surface area contributed by atoms with Crippen molar-refractivity contribution in [2.24, 2.45) is 0 Å². The number of methoxy groups -OCH3 is 2. The van der Waals surface area contributed by atoms with Crippen LogP contribution in [-0.2, 0) is 14.3 Å². The van der Waals surface area contributed by atoms with Crippen LogP contribution in [0.1, 0.15) is 17.2 Å². The molecule has 1 aliphatic rings. The van der Waals surface area contributed by atoms with E-state index in [1.807, 2.05) is 0 Å². The van der Waals surface area contributed by atoms with Gasteiger partial charge in [0, 0.05) is 19.2 Å². The van der Waals surface area contributed by atoms with Crippen molar-refractivity contribution >= 4 is 17.4 Å². The van der Waals surface area contributed by atoms with Gasteiger partial charge in [0.1, 0.15) is 17.3 Å². The molecule has 1 fully saturated rings. The third-order valence-electron chi connectivity index (χ3n) is 4.63. The lowest BCUT2D eigenvalue weighted by molar-refractivity contribution is -0.140. The number of carbonyl (C=O) groups excluding carboxylic acids is 2. The molecule has 0 aliphatic carbocycles. The molecule has 1 heterocycles. The minimum absolute atomic E-state index is 0.0138. The number of hydrogen-bond acceptors (Lipinski definition) is 6. The van der Waals surface area contributed by atoms with E-state index in [1.165, 1.54) is 31.3 Å². The van der Waals surface area contributed by atoms with E-state index in [9.17, 15) is 19.8 Å². The van der Waals surface area contributed by atoms with Crippen LogP contribution in [0.15, 0.2) is 54.1 Å². The fourth-order valence-corrected chi connectivity index (χ4v) is 3.23. The maximum atomic E-state index is 12.8. The van der Waals surface area contributed by atoms with Crippen LogP contribution in [0.4, 0.5) is 0 Å². The largest absolute Gasteiger partial charge is 0.508 e. The average Bonchev–Trinajstić information content (AvgIpc) is 2.97. The molecule has 28 heavy (non-hydrogen) atoms. The Hall–Kier alpha value is -3.32. The van der Waals surface area contributed by atoms with Gasteiger partial charge in [0.05, 0.1) is 25.3 Å². The second-order valence-electron chi connectivity index (χ2n) is 6.31. The molecule has 1 atom stereocenters. The van der Waals surface area contributed by atoms with Crippen LogP contribution in [0.25, 0.3) is 5.76 Å². The van der Waals surface area contributed by atoms with Crippen molar-refractivity contribution in [1.82, 2.24) is 4.90 Å². The highest BCUT2D eigenvalue weighted by Crippen LogP contribution is 2.39. The monoisotopic (exact) mass is 383 g/mol. The molecule has 1 aliphatic heterocycles. The minimum Gasteiger partial charge on any atom is -0.508 e. The number of ether oxygens (including phenoxy) is 2. The molecule has 0 bridgehead atoms. The smallest absolute Gasteiger partial charge is 0.295 e. The van der Waals surface area contributed by atoms with Gasteiger partial charge in [-0.3, -0.25) is 9.59 Å². The predicted octanol–water partition coefficient (Wildman–Crippen LogP) is 2.47. The first kappa shape index (κ1) is 19.4. The summed E-state index contributed by atoms with van der Waals surface area (Å²) in [5.41, 5.74) is 0.950. The normalized spacial score (nSPS) is 18.5. The molecule has 0 spiro atoms. The van der Waals surface area contributed by atoms with Crippen LogP contribution in [0.5, 0.6) is 11.5 Å². The molecule has 7 heteroatoms. The predicted molar refractivity (Wildman–Crippen MR) is 102 cm³/mol. The number of aliphatic hydroxyl groups is 1. The van der Waals surface area contributed by atoms with Crippen molar-refractivity contribution in [1.29, 1.82) is 0 Å².